The summed E-state index contributed by atoms with van der Waals surface area (Å²) < 4.78 is 5.26. The van der Waals surface area contributed by atoms with E-state index in [0.29, 0.717) is 23.2 Å². The number of nitrogens with zero attached hydrogens (tertiary/aromatic N) is 6. The van der Waals surface area contributed by atoms with Crippen LogP contribution in [0.2, 0.25) is 0 Å². The smallest absolute Gasteiger partial charge is 0.295 e. The van der Waals surface area contributed by atoms with Crippen molar-refractivity contribution in [3.8, 4) is 17.1 Å². The summed E-state index contributed by atoms with van der Waals surface area (Å²) in [6.07, 6.45) is 3.42. The molecular weight excluding hydrogens is 486 g/mol. The van der Waals surface area contributed by atoms with Gasteiger partial charge in [-0.05, 0) is 36.8 Å². The normalized spacial score (nSPS) is 11.0. The highest BCUT2D eigenvalue weighted by atomic mass is 32.2. The van der Waals surface area contributed by atoms with Crippen LogP contribution in [0.5, 0.6) is 0 Å². The number of anilines is 1. The van der Waals surface area contributed by atoms with Crippen molar-refractivity contribution in [1.29, 1.82) is 0 Å². The second-order valence-corrected chi connectivity index (χ2v) is 9.33. The number of hydrogen-bond donors (Lipinski definition) is 1. The largest absolute Gasteiger partial charge is 0.319 e. The lowest BCUT2D eigenvalue weighted by Crippen LogP contribution is -2.23. The lowest BCUT2D eigenvalue weighted by Gasteiger charge is -2.10. The van der Waals surface area contributed by atoms with Gasteiger partial charge in [0.25, 0.3) is 5.56 Å². The molecule has 0 aliphatic carbocycles. The number of amides is 1. The van der Waals surface area contributed by atoms with Crippen LogP contribution in [0.25, 0.3) is 17.1 Å². The molecule has 37 heavy (non-hydrogen) atoms. The van der Waals surface area contributed by atoms with Crippen molar-refractivity contribution < 1.29 is 4.79 Å². The topological polar surface area (TPSA) is 99.6 Å². The minimum absolute atomic E-state index is 0.0718. The average Bonchev–Trinajstić information content (AvgIpc) is 3.42. The fraction of sp³-hybridized carbons (Fsp3) is 0.148. The van der Waals surface area contributed by atoms with Crippen molar-refractivity contribution in [2.24, 2.45) is 7.05 Å². The monoisotopic (exact) mass is 511 g/mol. The summed E-state index contributed by atoms with van der Waals surface area (Å²) in [6.45, 7) is 2.36. The van der Waals surface area contributed by atoms with E-state index in [9.17, 15) is 9.59 Å². The van der Waals surface area contributed by atoms with Crippen LogP contribution in [0.4, 0.5) is 5.69 Å². The molecule has 0 bridgehead atoms. The van der Waals surface area contributed by atoms with Gasteiger partial charge in [0.2, 0.25) is 5.91 Å². The van der Waals surface area contributed by atoms with Crippen LogP contribution in [-0.4, -0.2) is 40.8 Å². The molecule has 0 radical (unpaired) electrons. The minimum atomic E-state index is -0.296. The van der Waals surface area contributed by atoms with Crippen LogP contribution in [-0.2, 0) is 18.4 Å². The molecule has 186 valence electrons. The number of para-hydroxylation sites is 1. The molecule has 9 nitrogen and oxygen atoms in total. The van der Waals surface area contributed by atoms with E-state index < -0.39 is 0 Å². The molecule has 3 aromatic heterocycles. The number of aromatic nitrogens is 6. The molecule has 0 aliphatic rings. The van der Waals surface area contributed by atoms with Crippen molar-refractivity contribution in [3.05, 3.63) is 107 Å². The number of rotatable bonds is 8. The van der Waals surface area contributed by atoms with E-state index >= 15 is 0 Å². The van der Waals surface area contributed by atoms with E-state index in [1.54, 1.807) is 31.0 Å². The summed E-state index contributed by atoms with van der Waals surface area (Å²) in [5.41, 5.74) is 3.35. The molecule has 10 heteroatoms. The van der Waals surface area contributed by atoms with Gasteiger partial charge in [-0.1, -0.05) is 60.3 Å². The maximum atomic E-state index is 13.1. The summed E-state index contributed by atoms with van der Waals surface area (Å²) >= 11 is 1.27. The predicted octanol–water partition coefficient (Wildman–Crippen LogP) is 3.92. The zero-order valence-corrected chi connectivity index (χ0v) is 21.2. The van der Waals surface area contributed by atoms with E-state index in [0.717, 1.165) is 16.8 Å². The van der Waals surface area contributed by atoms with E-state index in [-0.39, 0.29) is 22.9 Å². The molecule has 0 saturated heterocycles. The van der Waals surface area contributed by atoms with E-state index in [2.05, 4.69) is 20.5 Å². The van der Waals surface area contributed by atoms with Gasteiger partial charge >= 0.3 is 0 Å². The Kier molecular flexibility index (Phi) is 7.00. The molecule has 0 spiro atoms. The lowest BCUT2D eigenvalue weighted by molar-refractivity contribution is -0.113. The van der Waals surface area contributed by atoms with Crippen LogP contribution >= 0.6 is 11.8 Å². The molecule has 0 aliphatic heterocycles. The number of pyridine rings is 1. The van der Waals surface area contributed by atoms with Gasteiger partial charge in [-0.3, -0.25) is 23.8 Å². The van der Waals surface area contributed by atoms with Crippen molar-refractivity contribution in [3.63, 3.8) is 0 Å². The highest BCUT2D eigenvalue weighted by molar-refractivity contribution is 7.99. The Morgan fingerprint density at radius 1 is 0.946 bits per heavy atom. The van der Waals surface area contributed by atoms with Gasteiger partial charge in [0.1, 0.15) is 5.69 Å². The van der Waals surface area contributed by atoms with Crippen LogP contribution in [0.3, 0.4) is 0 Å². The average molecular weight is 512 g/mol. The molecule has 0 saturated carbocycles. The molecule has 0 fully saturated rings. The Morgan fingerprint density at radius 3 is 2.32 bits per heavy atom. The zero-order valence-electron chi connectivity index (χ0n) is 20.4. The van der Waals surface area contributed by atoms with E-state index in [1.165, 1.54) is 16.4 Å². The number of benzene rings is 2. The van der Waals surface area contributed by atoms with Crippen molar-refractivity contribution in [1.82, 2.24) is 29.1 Å². The highest BCUT2D eigenvalue weighted by Gasteiger charge is 2.20. The first kappa shape index (κ1) is 24.3. The summed E-state index contributed by atoms with van der Waals surface area (Å²) in [6, 6.07) is 23.1. The van der Waals surface area contributed by atoms with Crippen molar-refractivity contribution in [2.45, 2.75) is 18.6 Å². The number of thioether (sulfide) groups is 1. The number of hydrogen-bond acceptors (Lipinski definition) is 6. The van der Waals surface area contributed by atoms with Crippen molar-refractivity contribution >= 4 is 23.4 Å². The highest BCUT2D eigenvalue weighted by Crippen LogP contribution is 2.25. The third-order valence-electron chi connectivity index (χ3n) is 5.99. The van der Waals surface area contributed by atoms with Gasteiger partial charge in [0.05, 0.1) is 23.7 Å². The third kappa shape index (κ3) is 5.10. The second-order valence-electron chi connectivity index (χ2n) is 8.39. The molecule has 0 unspecified atom stereocenters. The molecule has 1 N–H and O–H groups in total. The van der Waals surface area contributed by atoms with Gasteiger partial charge in [-0.15, -0.1) is 10.2 Å². The molecule has 2 aromatic carbocycles. The first-order chi connectivity index (χ1) is 18.0. The lowest BCUT2D eigenvalue weighted by atomic mass is 10.2. The Balaban J connectivity index is 1.37. The molecule has 0 atom stereocenters. The summed E-state index contributed by atoms with van der Waals surface area (Å²) in [5.74, 6) is 0.470. The van der Waals surface area contributed by atoms with Gasteiger partial charge in [0, 0.05) is 25.0 Å². The van der Waals surface area contributed by atoms with E-state index in [1.807, 2.05) is 77.4 Å². The number of carbonyl (C=O) groups is 1. The molecule has 5 rings (SSSR count). The van der Waals surface area contributed by atoms with Gasteiger partial charge < -0.3 is 5.32 Å². The maximum absolute atomic E-state index is 13.1. The first-order valence-electron chi connectivity index (χ1n) is 11.7. The maximum Gasteiger partial charge on any atom is 0.295 e. The molecule has 5 aromatic rings. The second kappa shape index (κ2) is 10.7. The van der Waals surface area contributed by atoms with Gasteiger partial charge in [-0.2, -0.15) is 0 Å². The predicted molar refractivity (Wildman–Crippen MR) is 144 cm³/mol. The fourth-order valence-electron chi connectivity index (χ4n) is 4.04. The van der Waals surface area contributed by atoms with E-state index in [4.69, 9.17) is 0 Å². The zero-order chi connectivity index (χ0) is 25.8. The quantitative estimate of drug-likeness (QED) is 0.317. The standard InChI is InChI=1S/C27H25N7O2S/c1-19-24(26(36)34(32(19)2)22-11-7-4-8-12-22)29-23(35)18-37-27-31-30-25(21-13-15-28-16-14-21)33(27)17-20-9-5-3-6-10-20/h3-16H,17-18H2,1-2H3,(H,29,35). The molecular formula is C27H25N7O2S. The van der Waals surface area contributed by atoms with Crippen LogP contribution in [0.15, 0.2) is 95.1 Å². The Labute approximate surface area is 217 Å². The minimum Gasteiger partial charge on any atom is -0.319 e. The van der Waals surface area contributed by atoms with Crippen LogP contribution in [0.1, 0.15) is 11.3 Å². The Bertz CT molecular complexity index is 1580. The van der Waals surface area contributed by atoms with Crippen LogP contribution < -0.4 is 10.9 Å². The third-order valence-corrected chi connectivity index (χ3v) is 6.96. The van der Waals surface area contributed by atoms with Crippen molar-refractivity contribution in [2.75, 3.05) is 11.1 Å². The first-order valence-corrected chi connectivity index (χ1v) is 12.7. The summed E-state index contributed by atoms with van der Waals surface area (Å²) in [4.78, 5) is 30.2. The molecule has 1 amide bonds. The number of nitrogens with one attached hydrogen (secondary N) is 1. The Hall–Kier alpha value is -4.44. The fourth-order valence-corrected chi connectivity index (χ4v) is 4.77. The van der Waals surface area contributed by atoms with Gasteiger partial charge in [-0.25, -0.2) is 4.68 Å². The SMILES string of the molecule is Cc1c(NC(=O)CSc2nnc(-c3ccncc3)n2Cc2ccccc2)c(=O)n(-c2ccccc2)n1C. The Morgan fingerprint density at radius 2 is 1.62 bits per heavy atom. The van der Waals surface area contributed by atoms with Crippen LogP contribution in [0, 0.1) is 6.92 Å². The number of carbonyl (C=O) groups excluding carboxylic acids is 1. The molecule has 3 heterocycles. The summed E-state index contributed by atoms with van der Waals surface area (Å²) in [7, 11) is 1.79. The summed E-state index contributed by atoms with van der Waals surface area (Å²) in [5, 5.41) is 12.2. The van der Waals surface area contributed by atoms with Gasteiger partial charge in [0.15, 0.2) is 11.0 Å².